The Balaban J connectivity index is 2.33. The Hall–Kier alpha value is -1.47. The quantitative estimate of drug-likeness (QED) is 0.798. The first kappa shape index (κ1) is 10.1. The van der Waals surface area contributed by atoms with Crippen LogP contribution in [-0.2, 0) is 18.4 Å². The summed E-state index contributed by atoms with van der Waals surface area (Å²) in [4.78, 5) is 4.11. The molecule has 2 rings (SSSR count). The minimum absolute atomic E-state index is 0.389. The summed E-state index contributed by atoms with van der Waals surface area (Å²) in [6.45, 7) is 0.389. The summed E-state index contributed by atoms with van der Waals surface area (Å²) in [7, 11) is 3.38. The average Bonchev–Trinajstić information content (AvgIpc) is 2.76. The summed E-state index contributed by atoms with van der Waals surface area (Å²) in [6.07, 6.45) is 0. The number of ether oxygens (including phenoxy) is 1. The molecule has 0 radical (unpaired) electrons. The van der Waals surface area contributed by atoms with E-state index in [-0.39, 0.29) is 0 Å². The van der Waals surface area contributed by atoms with Gasteiger partial charge in [-0.25, -0.2) is 0 Å². The number of aromatic amines is 1. The topological polar surface area (TPSA) is 68.9 Å². The number of aromatic nitrogens is 4. The van der Waals surface area contributed by atoms with Crippen LogP contribution < -0.4 is 0 Å². The fraction of sp³-hybridized carbons (Fsp3) is 0.375. The summed E-state index contributed by atoms with van der Waals surface area (Å²) in [5, 5.41) is 6.81. The van der Waals surface area contributed by atoms with Crippen LogP contribution in [0.2, 0.25) is 0 Å². The number of rotatable bonds is 3. The minimum Gasteiger partial charge on any atom is -0.377 e. The number of nitrogens with one attached hydrogen (secondary N) is 1. The standard InChI is InChI=1S/C8H10N4O2S/c1-12-8(15)9-7(10-12)6-3-5(4-13-2)14-11-6/h3H,4H2,1-2H3,(H,9,10,15). The minimum atomic E-state index is 0.389. The Labute approximate surface area is 90.8 Å². The first-order valence-corrected chi connectivity index (χ1v) is 4.69. The van der Waals surface area contributed by atoms with Gasteiger partial charge in [0.2, 0.25) is 4.77 Å². The van der Waals surface area contributed by atoms with Crippen LogP contribution in [0, 0.1) is 4.77 Å². The van der Waals surface area contributed by atoms with Gasteiger partial charge in [0.25, 0.3) is 0 Å². The summed E-state index contributed by atoms with van der Waals surface area (Å²) in [6, 6.07) is 1.76. The molecule has 2 aromatic heterocycles. The van der Waals surface area contributed by atoms with Crippen molar-refractivity contribution in [2.75, 3.05) is 7.11 Å². The van der Waals surface area contributed by atoms with Crippen molar-refractivity contribution >= 4 is 12.2 Å². The van der Waals surface area contributed by atoms with Crippen molar-refractivity contribution in [3.05, 3.63) is 16.6 Å². The Morgan fingerprint density at radius 1 is 1.67 bits per heavy atom. The van der Waals surface area contributed by atoms with Crippen molar-refractivity contribution in [2.45, 2.75) is 6.61 Å². The summed E-state index contributed by atoms with van der Waals surface area (Å²) in [5.74, 6) is 1.24. The van der Waals surface area contributed by atoms with E-state index in [4.69, 9.17) is 21.5 Å². The highest BCUT2D eigenvalue weighted by molar-refractivity contribution is 7.71. The monoisotopic (exact) mass is 226 g/mol. The molecule has 0 bridgehead atoms. The van der Waals surface area contributed by atoms with Crippen molar-refractivity contribution in [2.24, 2.45) is 7.05 Å². The van der Waals surface area contributed by atoms with Crippen LogP contribution in [0.25, 0.3) is 11.5 Å². The zero-order chi connectivity index (χ0) is 10.8. The SMILES string of the molecule is COCc1cc(-c2nc(=S)n(C)[nH]2)no1. The van der Waals surface area contributed by atoms with Gasteiger partial charge in [-0.3, -0.25) is 9.78 Å². The van der Waals surface area contributed by atoms with E-state index in [0.717, 1.165) is 0 Å². The molecule has 0 fully saturated rings. The lowest BCUT2D eigenvalue weighted by molar-refractivity contribution is 0.156. The molecular formula is C8H10N4O2S. The van der Waals surface area contributed by atoms with Gasteiger partial charge >= 0.3 is 0 Å². The largest absolute Gasteiger partial charge is 0.377 e. The second kappa shape index (κ2) is 3.95. The van der Waals surface area contributed by atoms with Gasteiger partial charge in [0.05, 0.1) is 0 Å². The number of hydrogen-bond donors (Lipinski definition) is 1. The van der Waals surface area contributed by atoms with Crippen molar-refractivity contribution in [3.63, 3.8) is 0 Å². The number of nitrogens with zero attached hydrogens (tertiary/aromatic N) is 3. The molecule has 0 aliphatic carbocycles. The summed E-state index contributed by atoms with van der Waals surface area (Å²) < 4.78 is 12.1. The highest BCUT2D eigenvalue weighted by Gasteiger charge is 2.09. The lowest BCUT2D eigenvalue weighted by Crippen LogP contribution is -1.89. The smallest absolute Gasteiger partial charge is 0.216 e. The van der Waals surface area contributed by atoms with Gasteiger partial charge < -0.3 is 9.26 Å². The van der Waals surface area contributed by atoms with Crippen LogP contribution in [0.5, 0.6) is 0 Å². The van der Waals surface area contributed by atoms with Crippen LogP contribution in [0.4, 0.5) is 0 Å². The summed E-state index contributed by atoms with van der Waals surface area (Å²) in [5.41, 5.74) is 0.619. The third-order valence-electron chi connectivity index (χ3n) is 1.86. The molecule has 7 heteroatoms. The Morgan fingerprint density at radius 3 is 3.07 bits per heavy atom. The van der Waals surface area contributed by atoms with Gasteiger partial charge in [-0.2, -0.15) is 4.98 Å². The van der Waals surface area contributed by atoms with E-state index in [2.05, 4.69) is 15.2 Å². The number of H-pyrrole nitrogens is 1. The van der Waals surface area contributed by atoms with E-state index < -0.39 is 0 Å². The molecule has 6 nitrogen and oxygen atoms in total. The van der Waals surface area contributed by atoms with Crippen LogP contribution in [-0.4, -0.2) is 27.0 Å². The van der Waals surface area contributed by atoms with Gasteiger partial charge in [0.15, 0.2) is 17.3 Å². The van der Waals surface area contributed by atoms with E-state index in [1.165, 1.54) is 0 Å². The van der Waals surface area contributed by atoms with Crippen molar-refractivity contribution in [1.29, 1.82) is 0 Å². The number of methoxy groups -OCH3 is 1. The van der Waals surface area contributed by atoms with Crippen LogP contribution in [0.15, 0.2) is 10.6 Å². The van der Waals surface area contributed by atoms with Gasteiger partial charge in [0.1, 0.15) is 6.61 Å². The lowest BCUT2D eigenvalue weighted by atomic mass is 10.3. The maximum atomic E-state index is 5.03. The first-order chi connectivity index (χ1) is 7.20. The molecule has 0 unspecified atom stereocenters. The van der Waals surface area contributed by atoms with Crippen molar-refractivity contribution < 1.29 is 9.26 Å². The maximum absolute atomic E-state index is 5.03. The Kier molecular flexibility index (Phi) is 2.65. The molecule has 2 aromatic rings. The highest BCUT2D eigenvalue weighted by atomic mass is 32.1. The van der Waals surface area contributed by atoms with E-state index in [1.807, 2.05) is 0 Å². The molecule has 0 amide bonds. The molecule has 0 saturated heterocycles. The lowest BCUT2D eigenvalue weighted by Gasteiger charge is -1.87. The van der Waals surface area contributed by atoms with Crippen LogP contribution in [0.3, 0.4) is 0 Å². The molecule has 2 heterocycles. The van der Waals surface area contributed by atoms with Crippen LogP contribution in [0.1, 0.15) is 5.76 Å². The number of aryl methyl sites for hydroxylation is 1. The molecule has 15 heavy (non-hydrogen) atoms. The van der Waals surface area contributed by atoms with Crippen LogP contribution >= 0.6 is 12.2 Å². The predicted molar refractivity (Wildman–Crippen MR) is 54.6 cm³/mol. The average molecular weight is 226 g/mol. The Bertz CT molecular complexity index is 513. The molecule has 80 valence electrons. The van der Waals surface area contributed by atoms with Gasteiger partial charge in [-0.15, -0.1) is 0 Å². The molecule has 0 saturated carbocycles. The Morgan fingerprint density at radius 2 is 2.47 bits per heavy atom. The summed E-state index contributed by atoms with van der Waals surface area (Å²) >= 11 is 4.97. The zero-order valence-corrected chi connectivity index (χ0v) is 9.17. The molecule has 0 aliphatic heterocycles. The number of hydrogen-bond acceptors (Lipinski definition) is 5. The highest BCUT2D eigenvalue weighted by Crippen LogP contribution is 2.14. The second-order valence-electron chi connectivity index (χ2n) is 3.03. The zero-order valence-electron chi connectivity index (χ0n) is 8.35. The third-order valence-corrected chi connectivity index (χ3v) is 2.22. The fourth-order valence-corrected chi connectivity index (χ4v) is 1.29. The predicted octanol–water partition coefficient (Wildman–Crippen LogP) is 1.28. The fourth-order valence-electron chi connectivity index (χ4n) is 1.15. The van der Waals surface area contributed by atoms with E-state index in [1.54, 1.807) is 24.9 Å². The van der Waals surface area contributed by atoms with E-state index in [0.29, 0.717) is 28.7 Å². The molecule has 0 aliphatic rings. The normalized spacial score (nSPS) is 10.8. The molecular weight excluding hydrogens is 216 g/mol. The molecule has 0 spiro atoms. The van der Waals surface area contributed by atoms with Crippen molar-refractivity contribution in [3.8, 4) is 11.5 Å². The van der Waals surface area contributed by atoms with Gasteiger partial charge in [0, 0.05) is 20.2 Å². The van der Waals surface area contributed by atoms with Crippen molar-refractivity contribution in [1.82, 2.24) is 19.9 Å². The van der Waals surface area contributed by atoms with E-state index in [9.17, 15) is 0 Å². The molecule has 0 aromatic carbocycles. The maximum Gasteiger partial charge on any atom is 0.216 e. The van der Waals surface area contributed by atoms with E-state index >= 15 is 0 Å². The third kappa shape index (κ3) is 1.97. The molecule has 0 atom stereocenters. The van der Waals surface area contributed by atoms with Gasteiger partial charge in [-0.05, 0) is 12.2 Å². The molecule has 1 N–H and O–H groups in total. The van der Waals surface area contributed by atoms with Gasteiger partial charge in [-0.1, -0.05) is 5.16 Å². The second-order valence-corrected chi connectivity index (χ2v) is 3.39. The first-order valence-electron chi connectivity index (χ1n) is 4.28.